The molecule has 0 saturated carbocycles. The van der Waals surface area contributed by atoms with E-state index in [0.29, 0.717) is 0 Å². The average Bonchev–Trinajstić information content (AvgIpc) is 2.27. The van der Waals surface area contributed by atoms with Crippen LogP contribution in [0.1, 0.15) is 27.7 Å². The van der Waals surface area contributed by atoms with Crippen LogP contribution in [-0.2, 0) is 0 Å². The lowest BCUT2D eigenvalue weighted by atomic mass is 10.2. The number of hydrogen-bond donors (Lipinski definition) is 1. The topological polar surface area (TPSA) is 34.2 Å². The molecule has 0 amide bonds. The lowest BCUT2D eigenvalue weighted by Crippen LogP contribution is -2.26. The SMILES string of the molecule is CSC(C)(C)CNc1ncccc1OC(C)C. The summed E-state index contributed by atoms with van der Waals surface area (Å²) in [4.78, 5) is 4.32. The second-order valence-electron chi connectivity index (χ2n) is 4.83. The van der Waals surface area contributed by atoms with E-state index >= 15 is 0 Å². The largest absolute Gasteiger partial charge is 0.487 e. The van der Waals surface area contributed by atoms with Crippen molar-refractivity contribution in [1.29, 1.82) is 0 Å². The van der Waals surface area contributed by atoms with Gasteiger partial charge >= 0.3 is 0 Å². The third-order valence-corrected chi connectivity index (χ3v) is 3.62. The predicted octanol–water partition coefficient (Wildman–Crippen LogP) is 3.42. The summed E-state index contributed by atoms with van der Waals surface area (Å²) in [6.07, 6.45) is 4.06. The summed E-state index contributed by atoms with van der Waals surface area (Å²) in [5.41, 5.74) is 0. The lowest BCUT2D eigenvalue weighted by molar-refractivity contribution is 0.243. The van der Waals surface area contributed by atoms with E-state index in [1.54, 1.807) is 6.20 Å². The number of ether oxygens (including phenoxy) is 1. The fraction of sp³-hybridized carbons (Fsp3) is 0.615. The molecule has 1 aromatic rings. The zero-order valence-electron chi connectivity index (χ0n) is 11.3. The minimum atomic E-state index is 0.160. The molecule has 0 unspecified atom stereocenters. The van der Waals surface area contributed by atoms with Crippen molar-refractivity contribution in [3.63, 3.8) is 0 Å². The van der Waals surface area contributed by atoms with Crippen molar-refractivity contribution in [1.82, 2.24) is 4.98 Å². The molecule has 1 rings (SSSR count). The van der Waals surface area contributed by atoms with Crippen LogP contribution >= 0.6 is 11.8 Å². The minimum Gasteiger partial charge on any atom is -0.487 e. The second kappa shape index (κ2) is 6.15. The highest BCUT2D eigenvalue weighted by Crippen LogP contribution is 2.25. The van der Waals surface area contributed by atoms with Gasteiger partial charge in [0.15, 0.2) is 11.6 Å². The van der Waals surface area contributed by atoms with Gasteiger partial charge in [-0.05, 0) is 46.1 Å². The number of nitrogens with one attached hydrogen (secondary N) is 1. The van der Waals surface area contributed by atoms with Gasteiger partial charge in [-0.3, -0.25) is 0 Å². The predicted molar refractivity (Wildman–Crippen MR) is 76.1 cm³/mol. The molecule has 0 saturated heterocycles. The van der Waals surface area contributed by atoms with Crippen molar-refractivity contribution in [2.45, 2.75) is 38.5 Å². The standard InChI is InChI=1S/C13H22N2OS/c1-10(2)16-11-7-6-8-14-12(11)15-9-13(3,4)17-5/h6-8,10H,9H2,1-5H3,(H,14,15). The van der Waals surface area contributed by atoms with Crippen LogP contribution in [0.2, 0.25) is 0 Å². The molecule has 0 aliphatic carbocycles. The fourth-order valence-corrected chi connectivity index (χ4v) is 1.46. The number of nitrogens with zero attached hydrogens (tertiary/aromatic N) is 1. The van der Waals surface area contributed by atoms with Crippen LogP contribution in [0, 0.1) is 0 Å². The van der Waals surface area contributed by atoms with E-state index in [1.807, 2.05) is 37.7 Å². The maximum absolute atomic E-state index is 5.71. The Balaban J connectivity index is 2.70. The Morgan fingerprint density at radius 2 is 2.18 bits per heavy atom. The molecule has 0 aliphatic rings. The molecule has 0 bridgehead atoms. The molecule has 0 radical (unpaired) electrons. The first-order chi connectivity index (χ1) is 7.94. The molecule has 0 aliphatic heterocycles. The number of aromatic nitrogens is 1. The Bertz CT molecular complexity index is 353. The van der Waals surface area contributed by atoms with Gasteiger partial charge in [0.1, 0.15) is 0 Å². The molecular weight excluding hydrogens is 232 g/mol. The smallest absolute Gasteiger partial charge is 0.168 e. The molecule has 17 heavy (non-hydrogen) atoms. The molecule has 0 aromatic carbocycles. The number of pyridine rings is 1. The van der Waals surface area contributed by atoms with Gasteiger partial charge < -0.3 is 10.1 Å². The maximum atomic E-state index is 5.71. The van der Waals surface area contributed by atoms with Gasteiger partial charge in [-0.2, -0.15) is 11.8 Å². The van der Waals surface area contributed by atoms with Gasteiger partial charge in [0.2, 0.25) is 0 Å². The van der Waals surface area contributed by atoms with Crippen molar-refractivity contribution in [2.24, 2.45) is 0 Å². The van der Waals surface area contributed by atoms with Crippen molar-refractivity contribution >= 4 is 17.6 Å². The Morgan fingerprint density at radius 1 is 1.47 bits per heavy atom. The van der Waals surface area contributed by atoms with Crippen LogP contribution in [0.4, 0.5) is 5.82 Å². The first-order valence-electron chi connectivity index (χ1n) is 5.85. The quantitative estimate of drug-likeness (QED) is 0.843. The average molecular weight is 254 g/mol. The monoisotopic (exact) mass is 254 g/mol. The molecule has 96 valence electrons. The van der Waals surface area contributed by atoms with Gasteiger partial charge in [0.25, 0.3) is 0 Å². The fourth-order valence-electron chi connectivity index (χ4n) is 1.24. The Morgan fingerprint density at radius 3 is 2.76 bits per heavy atom. The highest BCUT2D eigenvalue weighted by molar-refractivity contribution is 7.99. The van der Waals surface area contributed by atoms with Crippen LogP contribution in [0.15, 0.2) is 18.3 Å². The van der Waals surface area contributed by atoms with Crippen LogP contribution < -0.4 is 10.1 Å². The van der Waals surface area contributed by atoms with Gasteiger partial charge in [-0.15, -0.1) is 0 Å². The Labute approximate surface area is 108 Å². The van der Waals surface area contributed by atoms with Gasteiger partial charge in [-0.1, -0.05) is 0 Å². The van der Waals surface area contributed by atoms with Crippen molar-refractivity contribution < 1.29 is 4.74 Å². The first kappa shape index (κ1) is 14.2. The molecule has 0 atom stereocenters. The Kier molecular flexibility index (Phi) is 5.12. The zero-order valence-corrected chi connectivity index (χ0v) is 12.1. The summed E-state index contributed by atoms with van der Waals surface area (Å²) in [6.45, 7) is 9.30. The minimum absolute atomic E-state index is 0.160. The Hall–Kier alpha value is -0.900. The molecule has 4 heteroatoms. The zero-order chi connectivity index (χ0) is 12.9. The molecule has 1 aromatic heterocycles. The van der Waals surface area contributed by atoms with Gasteiger partial charge in [0, 0.05) is 17.5 Å². The second-order valence-corrected chi connectivity index (χ2v) is 6.35. The molecule has 1 N–H and O–H groups in total. The van der Waals surface area contributed by atoms with E-state index in [2.05, 4.69) is 30.4 Å². The normalized spacial score (nSPS) is 11.6. The van der Waals surface area contributed by atoms with Crippen molar-refractivity contribution in [2.75, 3.05) is 18.1 Å². The number of thioether (sulfide) groups is 1. The van der Waals surface area contributed by atoms with E-state index in [9.17, 15) is 0 Å². The van der Waals surface area contributed by atoms with Crippen LogP contribution in [0.3, 0.4) is 0 Å². The molecule has 0 fully saturated rings. The summed E-state index contributed by atoms with van der Waals surface area (Å²) < 4.78 is 5.90. The molecule has 1 heterocycles. The molecule has 3 nitrogen and oxygen atoms in total. The summed E-state index contributed by atoms with van der Waals surface area (Å²) in [7, 11) is 0. The van der Waals surface area contributed by atoms with E-state index in [-0.39, 0.29) is 10.9 Å². The first-order valence-corrected chi connectivity index (χ1v) is 7.08. The summed E-state index contributed by atoms with van der Waals surface area (Å²) in [5, 5.41) is 3.35. The molecule has 0 spiro atoms. The van der Waals surface area contributed by atoms with E-state index in [1.165, 1.54) is 0 Å². The third kappa shape index (κ3) is 4.86. The number of hydrogen-bond acceptors (Lipinski definition) is 4. The third-order valence-electron chi connectivity index (χ3n) is 2.37. The van der Waals surface area contributed by atoms with Gasteiger partial charge in [-0.25, -0.2) is 4.98 Å². The summed E-state index contributed by atoms with van der Waals surface area (Å²) in [5.74, 6) is 1.64. The highest BCUT2D eigenvalue weighted by atomic mass is 32.2. The van der Waals surface area contributed by atoms with E-state index < -0.39 is 0 Å². The van der Waals surface area contributed by atoms with Crippen molar-refractivity contribution in [3.8, 4) is 5.75 Å². The molecular formula is C13H22N2OS. The van der Waals surface area contributed by atoms with E-state index in [0.717, 1.165) is 18.1 Å². The van der Waals surface area contributed by atoms with E-state index in [4.69, 9.17) is 4.74 Å². The van der Waals surface area contributed by atoms with Crippen molar-refractivity contribution in [3.05, 3.63) is 18.3 Å². The summed E-state index contributed by atoms with van der Waals surface area (Å²) >= 11 is 1.83. The maximum Gasteiger partial charge on any atom is 0.168 e. The number of rotatable bonds is 6. The van der Waals surface area contributed by atoms with Gasteiger partial charge in [0.05, 0.1) is 6.10 Å². The van der Waals surface area contributed by atoms with Crippen LogP contribution in [0.5, 0.6) is 5.75 Å². The highest BCUT2D eigenvalue weighted by Gasteiger charge is 2.16. The number of anilines is 1. The van der Waals surface area contributed by atoms with Crippen LogP contribution in [0.25, 0.3) is 0 Å². The lowest BCUT2D eigenvalue weighted by Gasteiger charge is -2.23. The summed E-state index contributed by atoms with van der Waals surface area (Å²) in [6, 6.07) is 3.84. The van der Waals surface area contributed by atoms with Crippen LogP contribution in [-0.4, -0.2) is 28.6 Å².